The lowest BCUT2D eigenvalue weighted by Gasteiger charge is -2.35. The number of carbonyl (C=O) groups excluding carboxylic acids is 1. The van der Waals surface area contributed by atoms with Crippen molar-refractivity contribution in [3.05, 3.63) is 47.5 Å². The molecule has 3 aliphatic rings. The lowest BCUT2D eigenvalue weighted by Crippen LogP contribution is -2.36. The summed E-state index contributed by atoms with van der Waals surface area (Å²) in [6, 6.07) is 9.90. The fourth-order valence-electron chi connectivity index (χ4n) is 5.66. The smallest absolute Gasteiger partial charge is 0.257 e. The number of nitrogens with zero attached hydrogens (tertiary/aromatic N) is 2. The van der Waals surface area contributed by atoms with Crippen LogP contribution in [0.3, 0.4) is 0 Å². The third kappa shape index (κ3) is 5.48. The fourth-order valence-corrected chi connectivity index (χ4v) is 7.74. The number of piperidine rings is 1. The number of anilines is 4. The maximum atomic E-state index is 13.5. The number of fused-ring (bicyclic) bond motifs is 1. The Labute approximate surface area is 224 Å². The first-order valence-electron chi connectivity index (χ1n) is 12.8. The van der Waals surface area contributed by atoms with Gasteiger partial charge in [-0.2, -0.15) is 0 Å². The molecule has 12 heteroatoms. The summed E-state index contributed by atoms with van der Waals surface area (Å²) in [4.78, 5) is 15.6. The Kier molecular flexibility index (Phi) is 6.85. The number of hydrogen-bond acceptors (Lipinski definition) is 7. The Balaban J connectivity index is 1.43. The molecule has 3 N–H and O–H groups in total. The van der Waals surface area contributed by atoms with Gasteiger partial charge in [0.25, 0.3) is 5.91 Å². The van der Waals surface area contributed by atoms with Gasteiger partial charge in [-0.15, -0.1) is 0 Å². The van der Waals surface area contributed by atoms with Crippen LogP contribution in [-0.4, -0.2) is 65.6 Å². The average Bonchev–Trinajstić information content (AvgIpc) is 3.49. The van der Waals surface area contributed by atoms with Gasteiger partial charge in [-0.3, -0.25) is 13.8 Å². The van der Waals surface area contributed by atoms with Crippen LogP contribution in [-0.2, 0) is 26.5 Å². The standard InChI is InChI=1S/C26H34N4O6S2/c1-18-15-19-3-4-20(16-23(19)30(18)37(2,33)34)27-25(32)22-6-5-21(28-38(35,36)14-13-31)17-24(22)29-11-9-26(7-8-26)10-12-29/h3-6,16-18,28,31H,7-15H2,1-2H3,(H,27,32). The first-order chi connectivity index (χ1) is 17.9. The van der Waals surface area contributed by atoms with Gasteiger partial charge in [-0.1, -0.05) is 6.07 Å². The van der Waals surface area contributed by atoms with Gasteiger partial charge in [0.1, 0.15) is 0 Å². The Bertz CT molecular complexity index is 1460. The fraction of sp³-hybridized carbons (Fsp3) is 0.500. The Hall–Kier alpha value is -2.83. The summed E-state index contributed by atoms with van der Waals surface area (Å²) in [5.41, 5.74) is 3.73. The van der Waals surface area contributed by atoms with Crippen LogP contribution in [0.5, 0.6) is 0 Å². The van der Waals surface area contributed by atoms with Gasteiger partial charge in [0, 0.05) is 24.8 Å². The van der Waals surface area contributed by atoms with Crippen molar-refractivity contribution in [3.63, 3.8) is 0 Å². The second-order valence-corrected chi connectivity index (χ2v) is 14.5. The number of aliphatic hydroxyl groups is 1. The number of aliphatic hydroxyl groups excluding tert-OH is 1. The molecule has 1 saturated carbocycles. The van der Waals surface area contributed by atoms with Gasteiger partial charge in [-0.05, 0) is 80.3 Å². The van der Waals surface area contributed by atoms with E-state index in [-0.39, 0.29) is 11.9 Å². The van der Waals surface area contributed by atoms with Crippen LogP contribution in [0.2, 0.25) is 0 Å². The van der Waals surface area contributed by atoms with Gasteiger partial charge < -0.3 is 15.3 Å². The highest BCUT2D eigenvalue weighted by Gasteiger charge is 2.44. The van der Waals surface area contributed by atoms with Crippen molar-refractivity contribution < 1.29 is 26.7 Å². The largest absolute Gasteiger partial charge is 0.395 e. The van der Waals surface area contributed by atoms with Gasteiger partial charge >= 0.3 is 0 Å². The monoisotopic (exact) mass is 562 g/mol. The highest BCUT2D eigenvalue weighted by Crippen LogP contribution is 2.54. The van der Waals surface area contributed by atoms with Crippen LogP contribution in [0.15, 0.2) is 36.4 Å². The van der Waals surface area contributed by atoms with Gasteiger partial charge in [0.05, 0.1) is 41.2 Å². The Morgan fingerprint density at radius 2 is 1.66 bits per heavy atom. The van der Waals surface area contributed by atoms with Crippen molar-refractivity contribution in [2.24, 2.45) is 5.41 Å². The summed E-state index contributed by atoms with van der Waals surface area (Å²) in [6.07, 6.45) is 6.30. The average molecular weight is 563 g/mol. The van der Waals surface area contributed by atoms with E-state index in [1.54, 1.807) is 24.3 Å². The third-order valence-corrected chi connectivity index (χ3v) is 10.4. The molecule has 1 unspecified atom stereocenters. The lowest BCUT2D eigenvalue weighted by molar-refractivity contribution is 0.102. The van der Waals surface area contributed by atoms with Crippen LogP contribution >= 0.6 is 0 Å². The Morgan fingerprint density at radius 1 is 1.00 bits per heavy atom. The summed E-state index contributed by atoms with van der Waals surface area (Å²) in [6.45, 7) is 2.90. The van der Waals surface area contributed by atoms with Crippen molar-refractivity contribution in [1.82, 2.24) is 0 Å². The first-order valence-corrected chi connectivity index (χ1v) is 16.3. The van der Waals surface area contributed by atoms with Crippen molar-refractivity contribution >= 4 is 48.7 Å². The first kappa shape index (κ1) is 26.8. The van der Waals surface area contributed by atoms with Crippen molar-refractivity contribution in [2.45, 2.75) is 45.1 Å². The number of amides is 1. The van der Waals surface area contributed by atoms with Gasteiger partial charge in [0.2, 0.25) is 20.0 Å². The molecule has 2 aromatic rings. The minimum Gasteiger partial charge on any atom is -0.395 e. The molecule has 1 aliphatic carbocycles. The minimum absolute atomic E-state index is 0.200. The summed E-state index contributed by atoms with van der Waals surface area (Å²) < 4.78 is 53.1. The van der Waals surface area contributed by atoms with E-state index in [4.69, 9.17) is 5.11 Å². The predicted molar refractivity (Wildman–Crippen MR) is 149 cm³/mol. The number of hydrogen-bond donors (Lipinski definition) is 3. The molecule has 0 radical (unpaired) electrons. The van der Waals surface area contributed by atoms with Crippen molar-refractivity contribution in [1.29, 1.82) is 0 Å². The van der Waals surface area contributed by atoms with Gasteiger partial charge in [0.15, 0.2) is 0 Å². The van der Waals surface area contributed by atoms with Crippen LogP contribution in [0, 0.1) is 5.41 Å². The molecule has 38 heavy (non-hydrogen) atoms. The number of rotatable bonds is 8. The second-order valence-electron chi connectivity index (χ2n) is 10.8. The van der Waals surface area contributed by atoms with Crippen molar-refractivity contribution in [3.8, 4) is 0 Å². The lowest BCUT2D eigenvalue weighted by atomic mass is 9.93. The van der Waals surface area contributed by atoms with E-state index in [1.807, 2.05) is 13.0 Å². The molecule has 206 valence electrons. The van der Waals surface area contributed by atoms with E-state index in [2.05, 4.69) is 14.9 Å². The molecule has 2 aromatic carbocycles. The minimum atomic E-state index is -3.72. The van der Waals surface area contributed by atoms with Crippen LogP contribution in [0.25, 0.3) is 0 Å². The second kappa shape index (κ2) is 9.73. The summed E-state index contributed by atoms with van der Waals surface area (Å²) in [7, 11) is -7.19. The highest BCUT2D eigenvalue weighted by atomic mass is 32.2. The van der Waals surface area contributed by atoms with E-state index in [0.29, 0.717) is 40.1 Å². The van der Waals surface area contributed by atoms with Crippen molar-refractivity contribution in [2.75, 3.05) is 50.9 Å². The number of nitrogens with one attached hydrogen (secondary N) is 2. The number of benzene rings is 2. The normalized spacial score (nSPS) is 20.3. The van der Waals surface area contributed by atoms with Crippen LogP contribution < -0.4 is 19.2 Å². The maximum absolute atomic E-state index is 13.5. The molecule has 5 rings (SSSR count). The zero-order valence-corrected chi connectivity index (χ0v) is 23.2. The Morgan fingerprint density at radius 3 is 2.29 bits per heavy atom. The summed E-state index contributed by atoms with van der Waals surface area (Å²) in [5.74, 6) is -0.786. The number of sulfonamides is 2. The topological polar surface area (TPSA) is 136 Å². The summed E-state index contributed by atoms with van der Waals surface area (Å²) in [5, 5.41) is 12.0. The van der Waals surface area contributed by atoms with E-state index in [0.717, 1.165) is 31.5 Å². The van der Waals surface area contributed by atoms with E-state index in [1.165, 1.54) is 29.5 Å². The molecule has 1 atom stereocenters. The maximum Gasteiger partial charge on any atom is 0.257 e. The molecule has 0 bridgehead atoms. The molecule has 10 nitrogen and oxygen atoms in total. The predicted octanol–water partition coefficient (Wildman–Crippen LogP) is 2.76. The zero-order valence-electron chi connectivity index (χ0n) is 21.6. The van der Waals surface area contributed by atoms with E-state index in [9.17, 15) is 21.6 Å². The summed E-state index contributed by atoms with van der Waals surface area (Å²) >= 11 is 0. The SMILES string of the molecule is CC1Cc2ccc(NC(=O)c3ccc(NS(=O)(=O)CCO)cc3N3CCC4(CC3)CC4)cc2N1S(C)(=O)=O. The molecule has 2 heterocycles. The highest BCUT2D eigenvalue weighted by molar-refractivity contribution is 7.92. The third-order valence-electron chi connectivity index (χ3n) is 7.85. The van der Waals surface area contributed by atoms with E-state index >= 15 is 0 Å². The molecular formula is C26H34N4O6S2. The van der Waals surface area contributed by atoms with Crippen LogP contribution in [0.1, 0.15) is 48.5 Å². The molecule has 2 fully saturated rings. The zero-order chi connectivity index (χ0) is 27.3. The number of carbonyl (C=O) groups is 1. The molecule has 2 aliphatic heterocycles. The molecule has 1 amide bonds. The van der Waals surface area contributed by atoms with Gasteiger partial charge in [-0.25, -0.2) is 16.8 Å². The molecular weight excluding hydrogens is 528 g/mol. The van der Waals surface area contributed by atoms with E-state index < -0.39 is 32.4 Å². The molecule has 0 aromatic heterocycles. The molecule has 1 saturated heterocycles. The van der Waals surface area contributed by atoms with Crippen LogP contribution in [0.4, 0.5) is 22.7 Å². The molecule has 1 spiro atoms. The quantitative estimate of drug-likeness (QED) is 0.450.